The summed E-state index contributed by atoms with van der Waals surface area (Å²) < 4.78 is 0. The number of rotatable bonds is 5. The van der Waals surface area contributed by atoms with Crippen LogP contribution < -0.4 is 5.73 Å². The average Bonchev–Trinajstić information content (AvgIpc) is 2.65. The molecule has 0 saturated carbocycles. The SMILES string of the molecule is CCCCN(CC)C(=O)c1[nH]ncc1N. The van der Waals surface area contributed by atoms with E-state index in [2.05, 4.69) is 17.1 Å². The van der Waals surface area contributed by atoms with E-state index in [9.17, 15) is 4.79 Å². The lowest BCUT2D eigenvalue weighted by atomic mass is 10.2. The Kier molecular flexibility index (Phi) is 4.15. The van der Waals surface area contributed by atoms with E-state index in [-0.39, 0.29) is 5.91 Å². The molecular formula is C10H18N4O. The number of hydrogen-bond donors (Lipinski definition) is 2. The zero-order chi connectivity index (χ0) is 11.3. The third-order valence-corrected chi connectivity index (χ3v) is 2.33. The lowest BCUT2D eigenvalue weighted by Crippen LogP contribution is -2.32. The van der Waals surface area contributed by atoms with Gasteiger partial charge in [0.1, 0.15) is 5.69 Å². The molecule has 0 fully saturated rings. The van der Waals surface area contributed by atoms with Crippen molar-refractivity contribution in [1.82, 2.24) is 15.1 Å². The van der Waals surface area contributed by atoms with Crippen molar-refractivity contribution in [2.75, 3.05) is 18.8 Å². The number of nitrogen functional groups attached to an aromatic ring is 1. The van der Waals surface area contributed by atoms with Gasteiger partial charge in [-0.25, -0.2) is 0 Å². The maximum absolute atomic E-state index is 11.9. The first-order valence-corrected chi connectivity index (χ1v) is 5.28. The lowest BCUT2D eigenvalue weighted by Gasteiger charge is -2.19. The lowest BCUT2D eigenvalue weighted by molar-refractivity contribution is 0.0757. The molecule has 3 N–H and O–H groups in total. The van der Waals surface area contributed by atoms with Gasteiger partial charge in [0, 0.05) is 13.1 Å². The first kappa shape index (κ1) is 11.6. The number of hydrogen-bond acceptors (Lipinski definition) is 3. The molecule has 84 valence electrons. The molecule has 0 atom stereocenters. The van der Waals surface area contributed by atoms with E-state index in [1.54, 1.807) is 4.90 Å². The minimum absolute atomic E-state index is 0.0686. The van der Waals surface area contributed by atoms with Gasteiger partial charge in [-0.2, -0.15) is 5.10 Å². The molecule has 1 heterocycles. The molecule has 1 aromatic rings. The summed E-state index contributed by atoms with van der Waals surface area (Å²) in [5.41, 5.74) is 6.43. The van der Waals surface area contributed by atoms with E-state index in [0.717, 1.165) is 19.4 Å². The van der Waals surface area contributed by atoms with E-state index < -0.39 is 0 Å². The number of amides is 1. The van der Waals surface area contributed by atoms with Crippen LogP contribution in [0.25, 0.3) is 0 Å². The highest BCUT2D eigenvalue weighted by atomic mass is 16.2. The summed E-state index contributed by atoms with van der Waals surface area (Å²) in [6, 6.07) is 0. The smallest absolute Gasteiger partial charge is 0.274 e. The zero-order valence-corrected chi connectivity index (χ0v) is 9.29. The second kappa shape index (κ2) is 5.38. The number of H-pyrrole nitrogens is 1. The maximum atomic E-state index is 11.9. The molecule has 0 aliphatic rings. The number of unbranched alkanes of at least 4 members (excludes halogenated alkanes) is 1. The Hall–Kier alpha value is -1.52. The van der Waals surface area contributed by atoms with Gasteiger partial charge in [0.25, 0.3) is 5.91 Å². The Morgan fingerprint density at radius 1 is 1.60 bits per heavy atom. The van der Waals surface area contributed by atoms with E-state index >= 15 is 0 Å². The highest BCUT2D eigenvalue weighted by Gasteiger charge is 2.17. The molecule has 0 bridgehead atoms. The molecule has 0 aliphatic heterocycles. The van der Waals surface area contributed by atoms with Crippen molar-refractivity contribution < 1.29 is 4.79 Å². The Morgan fingerprint density at radius 3 is 2.80 bits per heavy atom. The standard InChI is InChI=1S/C10H18N4O/c1-3-5-6-14(4-2)10(15)9-8(11)7-12-13-9/h7H,3-6,11H2,1-2H3,(H,12,13). The van der Waals surface area contributed by atoms with E-state index in [1.807, 2.05) is 6.92 Å². The largest absolute Gasteiger partial charge is 0.396 e. The third kappa shape index (κ3) is 2.71. The number of anilines is 1. The van der Waals surface area contributed by atoms with Crippen molar-refractivity contribution in [3.05, 3.63) is 11.9 Å². The molecule has 0 spiro atoms. The zero-order valence-electron chi connectivity index (χ0n) is 9.29. The number of nitrogens with one attached hydrogen (secondary N) is 1. The molecule has 0 unspecified atom stereocenters. The van der Waals surface area contributed by atoms with Gasteiger partial charge >= 0.3 is 0 Å². The fourth-order valence-corrected chi connectivity index (χ4v) is 1.38. The van der Waals surface area contributed by atoms with E-state index in [4.69, 9.17) is 5.73 Å². The minimum atomic E-state index is -0.0686. The fourth-order valence-electron chi connectivity index (χ4n) is 1.38. The van der Waals surface area contributed by atoms with Crippen molar-refractivity contribution in [3.8, 4) is 0 Å². The predicted molar refractivity (Wildman–Crippen MR) is 59.5 cm³/mol. The Morgan fingerprint density at radius 2 is 2.33 bits per heavy atom. The van der Waals surface area contributed by atoms with Gasteiger partial charge in [-0.05, 0) is 13.3 Å². The van der Waals surface area contributed by atoms with Gasteiger partial charge < -0.3 is 10.6 Å². The summed E-state index contributed by atoms with van der Waals surface area (Å²) in [6.07, 6.45) is 3.54. The molecule has 1 rings (SSSR count). The Balaban J connectivity index is 2.69. The number of aromatic nitrogens is 2. The molecule has 5 heteroatoms. The summed E-state index contributed by atoms with van der Waals surface area (Å²) >= 11 is 0. The van der Waals surface area contributed by atoms with Crippen molar-refractivity contribution in [2.45, 2.75) is 26.7 Å². The van der Waals surface area contributed by atoms with Crippen LogP contribution in [0.3, 0.4) is 0 Å². The Labute approximate surface area is 89.6 Å². The molecule has 0 saturated heterocycles. The average molecular weight is 210 g/mol. The number of nitrogens with two attached hydrogens (primary N) is 1. The topological polar surface area (TPSA) is 75.0 Å². The van der Waals surface area contributed by atoms with Crippen LogP contribution in [0.5, 0.6) is 0 Å². The molecule has 15 heavy (non-hydrogen) atoms. The van der Waals surface area contributed by atoms with Crippen LogP contribution in [0.4, 0.5) is 5.69 Å². The van der Waals surface area contributed by atoms with Crippen molar-refractivity contribution in [2.24, 2.45) is 0 Å². The van der Waals surface area contributed by atoms with Crippen LogP contribution in [-0.4, -0.2) is 34.1 Å². The molecule has 5 nitrogen and oxygen atoms in total. The highest BCUT2D eigenvalue weighted by Crippen LogP contribution is 2.10. The summed E-state index contributed by atoms with van der Waals surface area (Å²) in [5, 5.41) is 6.37. The van der Waals surface area contributed by atoms with E-state index in [0.29, 0.717) is 17.9 Å². The number of nitrogens with zero attached hydrogens (tertiary/aromatic N) is 2. The number of carbonyl (C=O) groups is 1. The van der Waals surface area contributed by atoms with Crippen LogP contribution in [0, 0.1) is 0 Å². The summed E-state index contributed by atoms with van der Waals surface area (Å²) in [5.74, 6) is -0.0686. The van der Waals surface area contributed by atoms with Gasteiger partial charge in [0.15, 0.2) is 0 Å². The van der Waals surface area contributed by atoms with Crippen LogP contribution in [0.2, 0.25) is 0 Å². The van der Waals surface area contributed by atoms with Crippen LogP contribution in [-0.2, 0) is 0 Å². The summed E-state index contributed by atoms with van der Waals surface area (Å²) in [4.78, 5) is 13.7. The third-order valence-electron chi connectivity index (χ3n) is 2.33. The first-order chi connectivity index (χ1) is 7.20. The van der Waals surface area contributed by atoms with Crippen LogP contribution in [0.1, 0.15) is 37.2 Å². The summed E-state index contributed by atoms with van der Waals surface area (Å²) in [6.45, 7) is 5.52. The van der Waals surface area contributed by atoms with Gasteiger partial charge in [0.05, 0.1) is 11.9 Å². The second-order valence-corrected chi connectivity index (χ2v) is 3.44. The van der Waals surface area contributed by atoms with Crippen LogP contribution >= 0.6 is 0 Å². The van der Waals surface area contributed by atoms with Gasteiger partial charge in [-0.1, -0.05) is 13.3 Å². The van der Waals surface area contributed by atoms with Crippen molar-refractivity contribution in [3.63, 3.8) is 0 Å². The van der Waals surface area contributed by atoms with Gasteiger partial charge in [-0.3, -0.25) is 9.89 Å². The molecule has 1 amide bonds. The predicted octanol–water partition coefficient (Wildman–Crippen LogP) is 1.25. The van der Waals surface area contributed by atoms with E-state index in [1.165, 1.54) is 6.20 Å². The number of carbonyl (C=O) groups excluding carboxylic acids is 1. The monoisotopic (exact) mass is 210 g/mol. The molecule has 1 aromatic heterocycles. The van der Waals surface area contributed by atoms with Crippen LogP contribution in [0.15, 0.2) is 6.20 Å². The quantitative estimate of drug-likeness (QED) is 0.768. The highest BCUT2D eigenvalue weighted by molar-refractivity contribution is 5.96. The summed E-state index contributed by atoms with van der Waals surface area (Å²) in [7, 11) is 0. The van der Waals surface area contributed by atoms with Gasteiger partial charge in [0.2, 0.25) is 0 Å². The normalized spacial score (nSPS) is 10.3. The maximum Gasteiger partial charge on any atom is 0.274 e. The molecule has 0 aliphatic carbocycles. The second-order valence-electron chi connectivity index (χ2n) is 3.44. The molecule has 0 aromatic carbocycles. The van der Waals surface area contributed by atoms with Gasteiger partial charge in [-0.15, -0.1) is 0 Å². The first-order valence-electron chi connectivity index (χ1n) is 5.28. The van der Waals surface area contributed by atoms with Crippen molar-refractivity contribution >= 4 is 11.6 Å². The molecular weight excluding hydrogens is 192 g/mol. The Bertz CT molecular complexity index is 321. The minimum Gasteiger partial charge on any atom is -0.396 e. The fraction of sp³-hybridized carbons (Fsp3) is 0.600. The number of aromatic amines is 1. The van der Waals surface area contributed by atoms with Crippen molar-refractivity contribution in [1.29, 1.82) is 0 Å². The molecule has 0 radical (unpaired) electrons.